The molecule has 2 aliphatic rings. The van der Waals surface area contributed by atoms with Crippen LogP contribution < -0.4 is 40.2 Å². The van der Waals surface area contributed by atoms with E-state index < -0.39 is 16.1 Å². The number of rotatable bonds is 6. The molecule has 0 spiro atoms. The fourth-order valence-electron chi connectivity index (χ4n) is 4.73. The number of carboxylic acids is 1. The summed E-state index contributed by atoms with van der Waals surface area (Å²) in [6.45, 7) is 0. The van der Waals surface area contributed by atoms with Crippen LogP contribution in [0.3, 0.4) is 0 Å². The summed E-state index contributed by atoms with van der Waals surface area (Å²) in [6.07, 6.45) is 0. The summed E-state index contributed by atoms with van der Waals surface area (Å²) in [6, 6.07) is 32.8. The third-order valence-electron chi connectivity index (χ3n) is 6.58. The maximum atomic E-state index is 12.2. The van der Waals surface area contributed by atoms with Crippen molar-refractivity contribution < 1.29 is 56.8 Å². The molecule has 8 nitrogen and oxygen atoms in total. The number of aromatic carboxylic acids is 1. The van der Waals surface area contributed by atoms with Gasteiger partial charge >= 0.3 is 35.5 Å². The van der Waals surface area contributed by atoms with Crippen LogP contribution in [0.4, 0.5) is 17.1 Å². The third kappa shape index (κ3) is 6.01. The van der Waals surface area contributed by atoms with Crippen molar-refractivity contribution in [3.8, 4) is 22.5 Å². The van der Waals surface area contributed by atoms with Crippen molar-refractivity contribution in [2.75, 3.05) is 5.32 Å². The quantitative estimate of drug-likeness (QED) is 0.173. The monoisotopic (exact) mass is 584 g/mol. The molecule has 1 aliphatic carbocycles. The molecule has 1 aliphatic heterocycles. The van der Waals surface area contributed by atoms with Crippen molar-refractivity contribution in [3.05, 3.63) is 126 Å². The SMILES string of the molecule is O=C(O)c1ccccc1-c1c2cc/c(=N/c3ccc(S(=O)(=O)[O-])cc3)cc-2oc2cc(Nc3ccccc3)ccc12.[Na+]. The first-order valence-corrected chi connectivity index (χ1v) is 13.9. The van der Waals surface area contributed by atoms with Gasteiger partial charge in [0.1, 0.15) is 21.5 Å². The number of hydrogen-bond acceptors (Lipinski definition) is 7. The smallest absolute Gasteiger partial charge is 0.744 e. The molecule has 4 aromatic rings. The van der Waals surface area contributed by atoms with Crippen molar-refractivity contribution in [1.82, 2.24) is 0 Å². The predicted octanol–water partition coefficient (Wildman–Crippen LogP) is 3.79. The van der Waals surface area contributed by atoms with Gasteiger partial charge < -0.3 is 19.4 Å². The van der Waals surface area contributed by atoms with E-state index in [4.69, 9.17) is 4.42 Å². The molecule has 0 amide bonds. The molecule has 0 saturated heterocycles. The van der Waals surface area contributed by atoms with Crippen LogP contribution in [0.15, 0.2) is 130 Å². The van der Waals surface area contributed by atoms with Crippen molar-refractivity contribution in [1.29, 1.82) is 0 Å². The largest absolute Gasteiger partial charge is 1.00 e. The Bertz CT molecular complexity index is 2080. The minimum atomic E-state index is -4.56. The summed E-state index contributed by atoms with van der Waals surface area (Å²) >= 11 is 0. The summed E-state index contributed by atoms with van der Waals surface area (Å²) in [5.41, 5.74) is 4.80. The first-order valence-electron chi connectivity index (χ1n) is 12.5. The second-order valence-electron chi connectivity index (χ2n) is 9.27. The standard InChI is InChI=1S/C32H22N2O6S.Na/c35-32(36)26-9-5-4-8-25(26)31-27-16-12-22(33-20-6-2-1-3-7-20)18-29(27)40-30-19-23(13-17-28(30)31)34-21-10-14-24(15-11-21)41(37,38)39;/h1-19,33H,(H,35,36)(H,37,38,39);/q;+1/p-1/b34-23-;. The third-order valence-corrected chi connectivity index (χ3v) is 7.43. The molecular formula is C32H21N2NaO6S. The van der Waals surface area contributed by atoms with E-state index in [-0.39, 0.29) is 40.0 Å². The molecule has 202 valence electrons. The zero-order valence-electron chi connectivity index (χ0n) is 22.3. The molecule has 2 N–H and O–H groups in total. The molecule has 0 radical (unpaired) electrons. The molecular weight excluding hydrogens is 563 g/mol. The number of carbonyl (C=O) groups is 1. The van der Waals surface area contributed by atoms with Gasteiger partial charge in [0.05, 0.1) is 21.5 Å². The molecule has 6 rings (SSSR count). The van der Waals surface area contributed by atoms with Crippen LogP contribution >= 0.6 is 0 Å². The van der Waals surface area contributed by atoms with E-state index in [1.165, 1.54) is 24.3 Å². The average Bonchev–Trinajstić information content (AvgIpc) is 2.96. The van der Waals surface area contributed by atoms with Crippen LogP contribution in [-0.2, 0) is 10.1 Å². The number of anilines is 2. The number of para-hydroxylation sites is 1. The number of fused-ring (bicyclic) bond motifs is 2. The van der Waals surface area contributed by atoms with E-state index in [1.54, 1.807) is 36.4 Å². The molecule has 0 saturated carbocycles. The fraction of sp³-hybridized carbons (Fsp3) is 0. The number of hydrogen-bond donors (Lipinski definition) is 2. The topological polar surface area (TPSA) is 132 Å². The predicted molar refractivity (Wildman–Crippen MR) is 155 cm³/mol. The van der Waals surface area contributed by atoms with Gasteiger partial charge in [0.25, 0.3) is 0 Å². The van der Waals surface area contributed by atoms with Crippen LogP contribution in [-0.4, -0.2) is 24.0 Å². The molecule has 10 heteroatoms. The van der Waals surface area contributed by atoms with Gasteiger partial charge in [-0.25, -0.2) is 18.2 Å². The van der Waals surface area contributed by atoms with Gasteiger partial charge in [0.15, 0.2) is 0 Å². The normalized spacial score (nSPS) is 11.8. The number of carboxylic acid groups (broad SMARTS) is 1. The van der Waals surface area contributed by atoms with E-state index in [9.17, 15) is 22.9 Å². The van der Waals surface area contributed by atoms with Crippen molar-refractivity contribution in [2.24, 2.45) is 4.99 Å². The summed E-state index contributed by atoms with van der Waals surface area (Å²) < 4.78 is 40.1. The van der Waals surface area contributed by atoms with Gasteiger partial charge in [-0.2, -0.15) is 0 Å². The number of nitrogens with zero attached hydrogens (tertiary/aromatic N) is 1. The summed E-state index contributed by atoms with van der Waals surface area (Å²) in [5, 5.41) is 14.6. The Morgan fingerprint density at radius 2 is 1.50 bits per heavy atom. The van der Waals surface area contributed by atoms with Crippen LogP contribution in [0.5, 0.6) is 0 Å². The molecule has 0 fully saturated rings. The van der Waals surface area contributed by atoms with Gasteiger partial charge in [-0.3, -0.25) is 0 Å². The Labute approximate surface area is 263 Å². The molecule has 0 aromatic heterocycles. The zero-order valence-corrected chi connectivity index (χ0v) is 25.1. The average molecular weight is 585 g/mol. The Kier molecular flexibility index (Phi) is 8.31. The minimum absolute atomic E-state index is 0. The molecule has 4 aromatic carbocycles. The van der Waals surface area contributed by atoms with Crippen LogP contribution in [0.1, 0.15) is 10.4 Å². The molecule has 42 heavy (non-hydrogen) atoms. The van der Waals surface area contributed by atoms with Crippen LogP contribution in [0, 0.1) is 0 Å². The van der Waals surface area contributed by atoms with Crippen molar-refractivity contribution >= 4 is 44.1 Å². The van der Waals surface area contributed by atoms with Gasteiger partial charge in [-0.1, -0.05) is 36.4 Å². The van der Waals surface area contributed by atoms with Crippen molar-refractivity contribution in [2.45, 2.75) is 4.90 Å². The first-order chi connectivity index (χ1) is 19.8. The Morgan fingerprint density at radius 3 is 2.21 bits per heavy atom. The maximum absolute atomic E-state index is 12.2. The summed E-state index contributed by atoms with van der Waals surface area (Å²) in [5.74, 6) is -0.565. The Hall–Kier alpha value is -4.25. The van der Waals surface area contributed by atoms with E-state index in [1.807, 2.05) is 54.6 Å². The Morgan fingerprint density at radius 1 is 0.786 bits per heavy atom. The van der Waals surface area contributed by atoms with Gasteiger partial charge in [0, 0.05) is 40.0 Å². The van der Waals surface area contributed by atoms with Gasteiger partial charge in [-0.15, -0.1) is 0 Å². The van der Waals surface area contributed by atoms with E-state index in [0.717, 1.165) is 16.8 Å². The molecule has 0 atom stereocenters. The van der Waals surface area contributed by atoms with E-state index in [2.05, 4.69) is 10.3 Å². The molecule has 0 unspecified atom stereocenters. The van der Waals surface area contributed by atoms with Gasteiger partial charge in [0.2, 0.25) is 0 Å². The minimum Gasteiger partial charge on any atom is -0.744 e. The first kappa shape index (κ1) is 29.2. The molecule has 0 bridgehead atoms. The number of nitrogens with one attached hydrogen (secondary N) is 1. The van der Waals surface area contributed by atoms with Crippen LogP contribution in [0.25, 0.3) is 33.4 Å². The van der Waals surface area contributed by atoms with Crippen LogP contribution in [0.2, 0.25) is 0 Å². The molecule has 1 heterocycles. The second kappa shape index (κ2) is 11.9. The number of benzene rings is 5. The fourth-order valence-corrected chi connectivity index (χ4v) is 5.20. The van der Waals surface area contributed by atoms with E-state index in [0.29, 0.717) is 39.1 Å². The van der Waals surface area contributed by atoms with E-state index >= 15 is 0 Å². The maximum Gasteiger partial charge on any atom is 1.00 e. The Balaban J connectivity index is 0.00000353. The van der Waals surface area contributed by atoms with Crippen molar-refractivity contribution in [3.63, 3.8) is 0 Å². The second-order valence-corrected chi connectivity index (χ2v) is 10.6. The van der Waals surface area contributed by atoms with Gasteiger partial charge in [-0.05, 0) is 72.3 Å². The zero-order chi connectivity index (χ0) is 28.6. The summed E-state index contributed by atoms with van der Waals surface area (Å²) in [4.78, 5) is 16.4. The summed E-state index contributed by atoms with van der Waals surface area (Å²) in [7, 11) is -4.56.